The quantitative estimate of drug-likeness (QED) is 0.300. The number of aliphatic hydroxyl groups is 1. The van der Waals surface area contributed by atoms with Gasteiger partial charge in [0.1, 0.15) is 0 Å². The van der Waals surface area contributed by atoms with Gasteiger partial charge in [0.05, 0.1) is 39.0 Å². The third kappa shape index (κ3) is 4.75. The molecule has 0 saturated carbocycles. The van der Waals surface area contributed by atoms with Gasteiger partial charge in [-0.05, 0) is 31.4 Å². The number of carbonyl (C=O) groups excluding carboxylic acids is 2. The third-order valence-corrected chi connectivity index (χ3v) is 4.83. The summed E-state index contributed by atoms with van der Waals surface area (Å²) in [4.78, 5) is 25.8. The molecule has 3 N–H and O–H groups in total. The lowest BCUT2D eigenvalue weighted by molar-refractivity contribution is -0.140. The van der Waals surface area contributed by atoms with Crippen LogP contribution in [0.2, 0.25) is 0 Å². The maximum atomic E-state index is 13.0. The number of amides is 1. The summed E-state index contributed by atoms with van der Waals surface area (Å²) in [6.07, 6.45) is 3.39. The molecule has 154 valence electrons. The molecule has 0 radical (unpaired) electrons. The lowest BCUT2D eigenvalue weighted by Gasteiger charge is -2.25. The molecule has 1 aromatic rings. The van der Waals surface area contributed by atoms with E-state index in [1.165, 1.54) is 14.2 Å². The molecule has 0 spiro atoms. The number of nitrogens with zero attached hydrogens (tertiary/aromatic N) is 1. The average Bonchev–Trinajstić information content (AvgIpc) is 3.13. The highest BCUT2D eigenvalue weighted by Gasteiger charge is 2.33. The van der Waals surface area contributed by atoms with Crippen molar-refractivity contribution in [3.8, 4) is 11.5 Å². The second-order valence-electron chi connectivity index (χ2n) is 6.43. The number of allylic oxidation sites excluding steroid dienone is 1. The molecule has 1 amide bonds. The first-order valence-electron chi connectivity index (χ1n) is 9.20. The Bertz CT molecular complexity index is 746. The summed E-state index contributed by atoms with van der Waals surface area (Å²) < 4.78 is 15.6. The van der Waals surface area contributed by atoms with Gasteiger partial charge >= 0.3 is 5.97 Å². The van der Waals surface area contributed by atoms with Crippen molar-refractivity contribution in [2.45, 2.75) is 32.2 Å². The molecule has 0 unspecified atom stereocenters. The van der Waals surface area contributed by atoms with Crippen LogP contribution < -0.4 is 15.2 Å². The topological polar surface area (TPSA) is 111 Å². The molecule has 8 nitrogen and oxygen atoms in total. The summed E-state index contributed by atoms with van der Waals surface area (Å²) in [5.74, 6) is 0.210. The van der Waals surface area contributed by atoms with Crippen LogP contribution in [0.3, 0.4) is 0 Å². The lowest BCUT2D eigenvalue weighted by atomic mass is 10.1. The fraction of sp³-hybridized carbons (Fsp3) is 0.500. The van der Waals surface area contributed by atoms with E-state index in [-0.39, 0.29) is 43.2 Å². The van der Waals surface area contributed by atoms with Gasteiger partial charge in [0.2, 0.25) is 0 Å². The highest BCUT2D eigenvalue weighted by Crippen LogP contribution is 2.34. The summed E-state index contributed by atoms with van der Waals surface area (Å²) >= 11 is 0. The summed E-state index contributed by atoms with van der Waals surface area (Å²) in [5, 5.41) is 9.68. The Morgan fingerprint density at radius 3 is 2.68 bits per heavy atom. The number of esters is 1. The SMILES string of the molecule is C/C=C1\CCN(C(=O)c2cc(OC)c(OCCCC(=O)OC)cc2N)[C@H]1CO. The molecule has 1 fully saturated rings. The zero-order valence-corrected chi connectivity index (χ0v) is 16.6. The Balaban J connectivity index is 2.16. The number of nitrogen functional groups attached to an aromatic ring is 1. The van der Waals surface area contributed by atoms with Crippen molar-refractivity contribution in [3.63, 3.8) is 0 Å². The number of anilines is 1. The van der Waals surface area contributed by atoms with Crippen LogP contribution in [0.25, 0.3) is 0 Å². The van der Waals surface area contributed by atoms with Crippen molar-refractivity contribution in [3.05, 3.63) is 29.3 Å². The minimum Gasteiger partial charge on any atom is -0.493 e. The Labute approximate surface area is 164 Å². The predicted molar refractivity (Wildman–Crippen MR) is 104 cm³/mol. The summed E-state index contributed by atoms with van der Waals surface area (Å²) in [7, 11) is 2.81. The van der Waals surface area contributed by atoms with Crippen molar-refractivity contribution in [2.75, 3.05) is 39.7 Å². The number of rotatable bonds is 8. The van der Waals surface area contributed by atoms with Crippen molar-refractivity contribution >= 4 is 17.6 Å². The van der Waals surface area contributed by atoms with Gasteiger partial charge in [-0.15, -0.1) is 0 Å². The van der Waals surface area contributed by atoms with Crippen LogP contribution in [0.4, 0.5) is 5.69 Å². The molecule has 28 heavy (non-hydrogen) atoms. The number of benzene rings is 1. The second kappa shape index (κ2) is 9.98. The van der Waals surface area contributed by atoms with Crippen molar-refractivity contribution < 1.29 is 28.9 Å². The van der Waals surface area contributed by atoms with Crippen LogP contribution in [-0.2, 0) is 9.53 Å². The molecule has 0 bridgehead atoms. The molecule has 1 aliphatic rings. The van der Waals surface area contributed by atoms with E-state index in [0.717, 1.165) is 12.0 Å². The highest BCUT2D eigenvalue weighted by molar-refractivity contribution is 6.00. The monoisotopic (exact) mass is 392 g/mol. The molecule has 0 aromatic heterocycles. The van der Waals surface area contributed by atoms with Crippen LogP contribution in [0.1, 0.15) is 36.5 Å². The normalized spacial score (nSPS) is 17.6. The molecule has 1 heterocycles. The Morgan fingerprint density at radius 1 is 1.32 bits per heavy atom. The lowest BCUT2D eigenvalue weighted by Crippen LogP contribution is -2.38. The first-order valence-corrected chi connectivity index (χ1v) is 9.20. The second-order valence-corrected chi connectivity index (χ2v) is 6.43. The molecule has 8 heteroatoms. The van der Waals surface area contributed by atoms with Crippen LogP contribution >= 0.6 is 0 Å². The van der Waals surface area contributed by atoms with E-state index in [2.05, 4.69) is 4.74 Å². The van der Waals surface area contributed by atoms with Gasteiger partial charge in [-0.1, -0.05) is 6.08 Å². The maximum Gasteiger partial charge on any atom is 0.305 e. The summed E-state index contributed by atoms with van der Waals surface area (Å²) in [6, 6.07) is 2.76. The smallest absolute Gasteiger partial charge is 0.305 e. The fourth-order valence-corrected chi connectivity index (χ4v) is 3.26. The number of hydrogen-bond donors (Lipinski definition) is 2. The predicted octanol–water partition coefficient (Wildman–Crippen LogP) is 1.76. The Morgan fingerprint density at radius 2 is 2.07 bits per heavy atom. The van der Waals surface area contributed by atoms with Crippen molar-refractivity contribution in [1.29, 1.82) is 0 Å². The minimum absolute atomic E-state index is 0.135. The maximum absolute atomic E-state index is 13.0. The number of ether oxygens (including phenoxy) is 3. The van der Waals surface area contributed by atoms with Gasteiger partial charge in [0.15, 0.2) is 11.5 Å². The van der Waals surface area contributed by atoms with Crippen LogP contribution in [0.15, 0.2) is 23.8 Å². The molecular formula is C20H28N2O6. The van der Waals surface area contributed by atoms with Gasteiger partial charge in [0, 0.05) is 24.7 Å². The number of methoxy groups -OCH3 is 2. The number of carbonyl (C=O) groups is 2. The standard InChI is InChI=1S/C20H28N2O6/c1-4-13-7-8-22(16(13)12-23)20(25)14-10-17(26-2)18(11-15(14)21)28-9-5-6-19(24)27-3/h4,10-11,16,23H,5-9,12,21H2,1-3H3/b13-4+/t16-/m0/s1. The summed E-state index contributed by atoms with van der Waals surface area (Å²) in [5.41, 5.74) is 7.71. The van der Waals surface area contributed by atoms with E-state index in [1.807, 2.05) is 13.0 Å². The third-order valence-electron chi connectivity index (χ3n) is 4.83. The highest BCUT2D eigenvalue weighted by atomic mass is 16.5. The zero-order chi connectivity index (χ0) is 20.7. The Hall–Kier alpha value is -2.74. The van der Waals surface area contributed by atoms with E-state index in [1.54, 1.807) is 17.0 Å². The van der Waals surface area contributed by atoms with Crippen molar-refractivity contribution in [2.24, 2.45) is 0 Å². The van der Waals surface area contributed by atoms with Crippen LogP contribution in [0.5, 0.6) is 11.5 Å². The molecule has 1 atom stereocenters. The zero-order valence-electron chi connectivity index (χ0n) is 16.6. The number of aliphatic hydroxyl groups excluding tert-OH is 1. The first kappa shape index (κ1) is 21.6. The van der Waals surface area contributed by atoms with Gasteiger partial charge in [-0.2, -0.15) is 0 Å². The first-order chi connectivity index (χ1) is 13.5. The van der Waals surface area contributed by atoms with E-state index < -0.39 is 0 Å². The van der Waals surface area contributed by atoms with E-state index in [4.69, 9.17) is 15.2 Å². The van der Waals surface area contributed by atoms with E-state index in [0.29, 0.717) is 30.0 Å². The van der Waals surface area contributed by atoms with E-state index >= 15 is 0 Å². The molecule has 0 aliphatic carbocycles. The average molecular weight is 392 g/mol. The summed E-state index contributed by atoms with van der Waals surface area (Å²) in [6.45, 7) is 2.57. The van der Waals surface area contributed by atoms with Crippen LogP contribution in [-0.4, -0.2) is 61.9 Å². The number of hydrogen-bond acceptors (Lipinski definition) is 7. The van der Waals surface area contributed by atoms with Gasteiger partial charge in [-0.3, -0.25) is 9.59 Å². The molecule has 1 aliphatic heterocycles. The molecule has 1 aromatic carbocycles. The molecular weight excluding hydrogens is 364 g/mol. The van der Waals surface area contributed by atoms with Gasteiger partial charge in [-0.25, -0.2) is 0 Å². The molecule has 2 rings (SSSR count). The minimum atomic E-state index is -0.336. The van der Waals surface area contributed by atoms with E-state index in [9.17, 15) is 14.7 Å². The van der Waals surface area contributed by atoms with Crippen molar-refractivity contribution in [1.82, 2.24) is 4.90 Å². The fourth-order valence-electron chi connectivity index (χ4n) is 3.26. The Kier molecular flexibility index (Phi) is 7.69. The molecule has 1 saturated heterocycles. The number of likely N-dealkylation sites (tertiary alicyclic amines) is 1. The van der Waals surface area contributed by atoms with Gasteiger partial charge in [0.25, 0.3) is 5.91 Å². The van der Waals surface area contributed by atoms with Gasteiger partial charge < -0.3 is 30.0 Å². The largest absolute Gasteiger partial charge is 0.493 e. The van der Waals surface area contributed by atoms with Crippen LogP contribution in [0, 0.1) is 0 Å². The number of nitrogens with two attached hydrogens (primary N) is 1.